The molecule has 0 aliphatic carbocycles. The van der Waals surface area contributed by atoms with Gasteiger partial charge in [0.15, 0.2) is 0 Å². The highest BCUT2D eigenvalue weighted by atomic mass is 35.5. The summed E-state index contributed by atoms with van der Waals surface area (Å²) in [6.07, 6.45) is 7.85. The number of aromatic nitrogens is 3. The lowest BCUT2D eigenvalue weighted by molar-refractivity contribution is 0.373. The van der Waals surface area contributed by atoms with Crippen molar-refractivity contribution in [3.8, 4) is 33.7 Å². The predicted molar refractivity (Wildman–Crippen MR) is 134 cm³/mol. The summed E-state index contributed by atoms with van der Waals surface area (Å²) in [4.78, 5) is 18.5. The molecular formula is C26H22ClFN4O3. The molecule has 0 bridgehead atoms. The number of benzene rings is 2. The zero-order chi connectivity index (χ0) is 24.7. The van der Waals surface area contributed by atoms with Crippen LogP contribution in [0.25, 0.3) is 27.9 Å². The van der Waals surface area contributed by atoms with Gasteiger partial charge in [0.05, 0.1) is 10.7 Å². The molecule has 0 spiro atoms. The van der Waals surface area contributed by atoms with Gasteiger partial charge in [-0.25, -0.2) is 14.2 Å². The second kappa shape index (κ2) is 8.96. The van der Waals surface area contributed by atoms with E-state index in [1.54, 1.807) is 62.2 Å². The van der Waals surface area contributed by atoms with E-state index < -0.39 is 5.82 Å². The molecule has 0 saturated carbocycles. The average molecular weight is 493 g/mol. The number of anilines is 1. The number of hydrogen-bond acceptors (Lipinski definition) is 5. The number of allylic oxidation sites excluding steroid dienone is 1. The maximum atomic E-state index is 14.7. The normalized spacial score (nSPS) is 13.7. The van der Waals surface area contributed by atoms with Crippen LogP contribution in [0.4, 0.5) is 10.2 Å². The minimum atomic E-state index is -0.527. The standard InChI is InChI=1S/C26H22ClFN4O3/c1-30-9-10-32(26(30)35)23-5-4-16(11-22(23)27)20-13-18(28)14-21(25(20)34)17-6-7-29-24(12-17)31-8-2-3-19(33)15-31/h4-7,9-15,33-34H,2-3,8H2,1H3. The highest BCUT2D eigenvalue weighted by molar-refractivity contribution is 6.32. The van der Waals surface area contributed by atoms with Crippen LogP contribution in [-0.2, 0) is 7.05 Å². The quantitative estimate of drug-likeness (QED) is 0.398. The molecule has 178 valence electrons. The fourth-order valence-electron chi connectivity index (χ4n) is 4.22. The van der Waals surface area contributed by atoms with Gasteiger partial charge in [0.1, 0.15) is 23.1 Å². The molecule has 4 aromatic rings. The molecule has 2 aromatic carbocycles. The van der Waals surface area contributed by atoms with Crippen LogP contribution in [0.1, 0.15) is 12.8 Å². The lowest BCUT2D eigenvalue weighted by atomic mass is 9.97. The van der Waals surface area contributed by atoms with E-state index in [1.807, 2.05) is 4.90 Å². The van der Waals surface area contributed by atoms with Gasteiger partial charge >= 0.3 is 5.69 Å². The van der Waals surface area contributed by atoms with Crippen molar-refractivity contribution in [2.24, 2.45) is 7.05 Å². The van der Waals surface area contributed by atoms with Crippen molar-refractivity contribution in [2.75, 3.05) is 11.4 Å². The van der Waals surface area contributed by atoms with Gasteiger partial charge < -0.3 is 19.7 Å². The van der Waals surface area contributed by atoms with Gasteiger partial charge in [-0.15, -0.1) is 0 Å². The Morgan fingerprint density at radius 3 is 2.43 bits per heavy atom. The Bertz CT molecular complexity index is 1530. The number of aromatic hydroxyl groups is 1. The average Bonchev–Trinajstić information content (AvgIpc) is 3.18. The monoisotopic (exact) mass is 492 g/mol. The van der Waals surface area contributed by atoms with Gasteiger partial charge in [-0.3, -0.25) is 4.57 Å². The van der Waals surface area contributed by atoms with Crippen molar-refractivity contribution < 1.29 is 14.6 Å². The van der Waals surface area contributed by atoms with Crippen LogP contribution in [0.3, 0.4) is 0 Å². The summed E-state index contributed by atoms with van der Waals surface area (Å²) in [5.41, 5.74) is 1.87. The van der Waals surface area contributed by atoms with E-state index in [2.05, 4.69) is 4.98 Å². The van der Waals surface area contributed by atoms with Gasteiger partial charge in [-0.05, 0) is 53.9 Å². The highest BCUT2D eigenvalue weighted by Gasteiger charge is 2.18. The minimum Gasteiger partial charge on any atom is -0.511 e. The van der Waals surface area contributed by atoms with E-state index in [9.17, 15) is 19.4 Å². The van der Waals surface area contributed by atoms with Crippen molar-refractivity contribution in [3.05, 3.63) is 94.3 Å². The Labute approximate surface area is 205 Å². The second-order valence-corrected chi connectivity index (χ2v) is 8.80. The Hall–Kier alpha value is -4.04. The van der Waals surface area contributed by atoms with E-state index >= 15 is 0 Å². The van der Waals surface area contributed by atoms with Gasteiger partial charge in [-0.2, -0.15) is 0 Å². The minimum absolute atomic E-state index is 0.110. The molecule has 7 nitrogen and oxygen atoms in total. The number of imidazole rings is 1. The molecular weight excluding hydrogens is 471 g/mol. The number of phenols is 1. The first-order valence-corrected chi connectivity index (χ1v) is 11.4. The molecule has 9 heteroatoms. The zero-order valence-electron chi connectivity index (χ0n) is 18.8. The van der Waals surface area contributed by atoms with Crippen LogP contribution >= 0.6 is 11.6 Å². The molecule has 2 aromatic heterocycles. The zero-order valence-corrected chi connectivity index (χ0v) is 19.6. The molecule has 0 unspecified atom stereocenters. The number of hydrogen-bond donors (Lipinski definition) is 2. The summed E-state index contributed by atoms with van der Waals surface area (Å²) >= 11 is 6.48. The van der Waals surface area contributed by atoms with Crippen LogP contribution in [0, 0.1) is 5.82 Å². The summed E-state index contributed by atoms with van der Waals surface area (Å²) in [5.74, 6) is 0.222. The Morgan fingerprint density at radius 1 is 1.03 bits per heavy atom. The molecule has 0 radical (unpaired) electrons. The Morgan fingerprint density at radius 2 is 1.77 bits per heavy atom. The molecule has 3 heterocycles. The molecule has 1 aliphatic rings. The number of rotatable bonds is 4. The van der Waals surface area contributed by atoms with Crippen molar-refractivity contribution >= 4 is 17.4 Å². The van der Waals surface area contributed by atoms with E-state index in [0.717, 1.165) is 6.42 Å². The molecule has 5 rings (SSSR count). The van der Waals surface area contributed by atoms with Crippen LogP contribution in [-0.4, -0.2) is 30.9 Å². The van der Waals surface area contributed by atoms with Crippen LogP contribution < -0.4 is 10.6 Å². The van der Waals surface area contributed by atoms with E-state index in [4.69, 9.17) is 11.6 Å². The van der Waals surface area contributed by atoms with Gasteiger partial charge in [0.25, 0.3) is 0 Å². The Balaban J connectivity index is 1.56. The highest BCUT2D eigenvalue weighted by Crippen LogP contribution is 2.41. The summed E-state index contributed by atoms with van der Waals surface area (Å²) in [5, 5.41) is 21.3. The maximum Gasteiger partial charge on any atom is 0.332 e. The van der Waals surface area contributed by atoms with Crippen LogP contribution in [0.5, 0.6) is 5.75 Å². The van der Waals surface area contributed by atoms with Crippen molar-refractivity contribution in [3.63, 3.8) is 0 Å². The first-order valence-electron chi connectivity index (χ1n) is 11.0. The first kappa shape index (κ1) is 22.7. The van der Waals surface area contributed by atoms with Gasteiger partial charge in [0.2, 0.25) is 0 Å². The van der Waals surface area contributed by atoms with Crippen LogP contribution in [0.15, 0.2) is 77.8 Å². The third-order valence-corrected chi connectivity index (χ3v) is 6.33. The number of pyridine rings is 1. The molecule has 35 heavy (non-hydrogen) atoms. The second-order valence-electron chi connectivity index (χ2n) is 8.40. The lowest BCUT2D eigenvalue weighted by Crippen LogP contribution is -2.23. The smallest absolute Gasteiger partial charge is 0.332 e. The summed E-state index contributed by atoms with van der Waals surface area (Å²) in [6, 6.07) is 10.9. The fraction of sp³-hybridized carbons (Fsp3) is 0.154. The molecule has 0 amide bonds. The predicted octanol–water partition coefficient (Wildman–Crippen LogP) is 5.40. The number of aryl methyl sites for hydroxylation is 1. The SMILES string of the molecule is Cn1ccn(-c2ccc(-c3cc(F)cc(-c4ccnc(N5C=C(O)CCC5)c4)c3O)cc2Cl)c1=O. The number of phenolic OH excluding ortho intramolecular Hbond substituents is 1. The lowest BCUT2D eigenvalue weighted by Gasteiger charge is -2.24. The fourth-order valence-corrected chi connectivity index (χ4v) is 4.49. The molecule has 0 atom stereocenters. The molecule has 0 fully saturated rings. The first-order chi connectivity index (χ1) is 16.8. The number of aliphatic hydroxyl groups is 1. The third kappa shape index (κ3) is 4.28. The molecule has 1 aliphatic heterocycles. The number of nitrogens with zero attached hydrogens (tertiary/aromatic N) is 4. The van der Waals surface area contributed by atoms with Crippen molar-refractivity contribution in [1.82, 2.24) is 14.1 Å². The molecule has 0 saturated heterocycles. The summed E-state index contributed by atoms with van der Waals surface area (Å²) in [6.45, 7) is 0.691. The number of aliphatic hydroxyl groups excluding tert-OH is 1. The van der Waals surface area contributed by atoms with Gasteiger partial charge in [0, 0.05) is 55.9 Å². The van der Waals surface area contributed by atoms with Crippen molar-refractivity contribution in [2.45, 2.75) is 12.8 Å². The van der Waals surface area contributed by atoms with Crippen LogP contribution in [0.2, 0.25) is 5.02 Å². The summed E-state index contributed by atoms with van der Waals surface area (Å²) < 4.78 is 17.6. The van der Waals surface area contributed by atoms with E-state index in [0.29, 0.717) is 41.2 Å². The van der Waals surface area contributed by atoms with E-state index in [-0.39, 0.29) is 27.8 Å². The number of halogens is 2. The largest absolute Gasteiger partial charge is 0.511 e. The maximum absolute atomic E-state index is 14.7. The third-order valence-electron chi connectivity index (χ3n) is 6.03. The summed E-state index contributed by atoms with van der Waals surface area (Å²) in [7, 11) is 1.64. The van der Waals surface area contributed by atoms with E-state index in [1.165, 1.54) is 21.3 Å². The van der Waals surface area contributed by atoms with Gasteiger partial charge in [-0.1, -0.05) is 17.7 Å². The van der Waals surface area contributed by atoms with Crippen molar-refractivity contribution in [1.29, 1.82) is 0 Å². The topological polar surface area (TPSA) is 83.5 Å². The molecule has 2 N–H and O–H groups in total. The Kier molecular flexibility index (Phi) is 5.82.